The first-order valence-corrected chi connectivity index (χ1v) is 4.06. The Morgan fingerprint density at radius 3 is 2.22 bits per heavy atom. The summed E-state index contributed by atoms with van der Waals surface area (Å²) in [7, 11) is 0. The van der Waals surface area contributed by atoms with Crippen LogP contribution in [0.1, 0.15) is 46.0 Å². The van der Waals surface area contributed by atoms with E-state index in [1.807, 2.05) is 0 Å². The van der Waals surface area contributed by atoms with Gasteiger partial charge in [-0.1, -0.05) is 52.9 Å². The highest BCUT2D eigenvalue weighted by atomic mass is 14.0. The minimum atomic E-state index is 0.884. The van der Waals surface area contributed by atoms with Crippen LogP contribution in [0.4, 0.5) is 0 Å². The van der Waals surface area contributed by atoms with E-state index in [2.05, 4.69) is 20.8 Å². The van der Waals surface area contributed by atoms with Crippen LogP contribution in [0.5, 0.6) is 0 Å². The van der Waals surface area contributed by atoms with Gasteiger partial charge in [0.05, 0.1) is 0 Å². The summed E-state index contributed by atoms with van der Waals surface area (Å²) in [6.45, 7) is 8.37. The molecule has 0 aromatic rings. The topological polar surface area (TPSA) is 0 Å². The molecule has 0 aliphatic carbocycles. The number of hydrogen-bond acceptors (Lipinski definition) is 0. The quantitative estimate of drug-likeness (QED) is 0.496. The van der Waals surface area contributed by atoms with E-state index in [4.69, 9.17) is 0 Å². The van der Waals surface area contributed by atoms with Crippen LogP contribution in [-0.2, 0) is 0 Å². The molecule has 0 bridgehead atoms. The Bertz CT molecular complexity index is 46.0. The zero-order valence-corrected chi connectivity index (χ0v) is 6.82. The maximum atomic E-state index is 3.80. The minimum Gasteiger partial charge on any atom is -0.0628 e. The first-order chi connectivity index (χ1) is 4.27. The van der Waals surface area contributed by atoms with Gasteiger partial charge in [0.15, 0.2) is 0 Å². The van der Waals surface area contributed by atoms with Gasteiger partial charge in [-0.3, -0.25) is 0 Å². The van der Waals surface area contributed by atoms with Crippen molar-refractivity contribution in [2.45, 2.75) is 46.0 Å². The van der Waals surface area contributed by atoms with Gasteiger partial charge in [0.25, 0.3) is 0 Å². The van der Waals surface area contributed by atoms with Crippen LogP contribution in [0.25, 0.3) is 0 Å². The van der Waals surface area contributed by atoms with Crippen LogP contribution >= 0.6 is 0 Å². The monoisotopic (exact) mass is 127 g/mol. The molecule has 9 heavy (non-hydrogen) atoms. The van der Waals surface area contributed by atoms with Crippen molar-refractivity contribution in [3.63, 3.8) is 0 Å². The number of hydrogen-bond donors (Lipinski definition) is 0. The minimum absolute atomic E-state index is 0.884. The highest BCUT2D eigenvalue weighted by molar-refractivity contribution is 4.47. The van der Waals surface area contributed by atoms with Gasteiger partial charge < -0.3 is 0 Å². The molecule has 55 valence electrons. The van der Waals surface area contributed by atoms with Gasteiger partial charge in [0.1, 0.15) is 0 Å². The van der Waals surface area contributed by atoms with Crippen molar-refractivity contribution in [3.8, 4) is 0 Å². The zero-order valence-electron chi connectivity index (χ0n) is 6.82. The standard InChI is InChI=1S/C9H19/c1-4-5-6-7-8-9(2)3/h9H,1,4-8H2,2-3H3. The molecule has 0 N–H and O–H groups in total. The summed E-state index contributed by atoms with van der Waals surface area (Å²) in [5.74, 6) is 0.884. The van der Waals surface area contributed by atoms with Crippen molar-refractivity contribution in [2.75, 3.05) is 0 Å². The smallest absolute Gasteiger partial charge is 0.0471 e. The molecule has 0 aliphatic heterocycles. The van der Waals surface area contributed by atoms with Gasteiger partial charge in [0.2, 0.25) is 0 Å². The molecule has 0 unspecified atom stereocenters. The second-order valence-electron chi connectivity index (χ2n) is 3.10. The first kappa shape index (κ1) is 9.00. The highest BCUT2D eigenvalue weighted by Gasteiger charge is 1.91. The molecule has 0 spiro atoms. The Kier molecular flexibility index (Phi) is 6.12. The van der Waals surface area contributed by atoms with Gasteiger partial charge in [-0.2, -0.15) is 0 Å². The molecule has 0 rings (SSSR count). The fourth-order valence-electron chi connectivity index (χ4n) is 0.906. The van der Waals surface area contributed by atoms with Crippen molar-refractivity contribution >= 4 is 0 Å². The fraction of sp³-hybridized carbons (Fsp3) is 0.889. The van der Waals surface area contributed by atoms with Crippen molar-refractivity contribution in [3.05, 3.63) is 6.92 Å². The molecule has 0 aromatic heterocycles. The maximum absolute atomic E-state index is 3.80. The van der Waals surface area contributed by atoms with Crippen molar-refractivity contribution < 1.29 is 0 Å². The summed E-state index contributed by atoms with van der Waals surface area (Å²) in [6.07, 6.45) is 6.58. The van der Waals surface area contributed by atoms with E-state index in [1.54, 1.807) is 0 Å². The first-order valence-electron chi connectivity index (χ1n) is 4.06. The lowest BCUT2D eigenvalue weighted by Crippen LogP contribution is -1.86. The predicted octanol–water partition coefficient (Wildman–Crippen LogP) is 3.43. The van der Waals surface area contributed by atoms with Crippen LogP contribution in [0.2, 0.25) is 0 Å². The molecule has 0 aliphatic rings. The molecule has 0 saturated carbocycles. The Morgan fingerprint density at radius 1 is 1.11 bits per heavy atom. The molecular formula is C9H19. The molecule has 0 saturated heterocycles. The molecule has 0 heteroatoms. The molecular weight excluding hydrogens is 108 g/mol. The van der Waals surface area contributed by atoms with Crippen LogP contribution in [0, 0.1) is 12.8 Å². The SMILES string of the molecule is [CH2]CCCCCC(C)C. The van der Waals surface area contributed by atoms with E-state index in [0.717, 1.165) is 12.3 Å². The predicted molar refractivity (Wildman–Crippen MR) is 43.3 cm³/mol. The van der Waals surface area contributed by atoms with Crippen molar-refractivity contribution in [2.24, 2.45) is 5.92 Å². The van der Waals surface area contributed by atoms with Crippen LogP contribution in [0.15, 0.2) is 0 Å². The number of unbranched alkanes of at least 4 members (excludes halogenated alkanes) is 3. The summed E-state index contributed by atoms with van der Waals surface area (Å²) < 4.78 is 0. The fourth-order valence-corrected chi connectivity index (χ4v) is 0.906. The Balaban J connectivity index is 2.75. The average Bonchev–Trinajstić information content (AvgIpc) is 1.80. The molecule has 0 amide bonds. The Hall–Kier alpha value is 0. The van der Waals surface area contributed by atoms with Crippen LogP contribution in [-0.4, -0.2) is 0 Å². The summed E-state index contributed by atoms with van der Waals surface area (Å²) >= 11 is 0. The van der Waals surface area contributed by atoms with Crippen LogP contribution in [0.3, 0.4) is 0 Å². The normalized spacial score (nSPS) is 10.7. The molecule has 0 atom stereocenters. The molecule has 0 fully saturated rings. The Labute approximate surface area is 59.7 Å². The third kappa shape index (κ3) is 8.00. The summed E-state index contributed by atoms with van der Waals surface area (Å²) in [5.41, 5.74) is 0. The van der Waals surface area contributed by atoms with Crippen molar-refractivity contribution in [1.82, 2.24) is 0 Å². The second kappa shape index (κ2) is 6.12. The van der Waals surface area contributed by atoms with Crippen molar-refractivity contribution in [1.29, 1.82) is 0 Å². The highest BCUT2D eigenvalue weighted by Crippen LogP contribution is 2.08. The maximum Gasteiger partial charge on any atom is -0.0471 e. The molecule has 1 radical (unpaired) electrons. The van der Waals surface area contributed by atoms with E-state index in [0.29, 0.717) is 0 Å². The van der Waals surface area contributed by atoms with Gasteiger partial charge in [-0.15, -0.1) is 0 Å². The van der Waals surface area contributed by atoms with E-state index in [9.17, 15) is 0 Å². The van der Waals surface area contributed by atoms with Gasteiger partial charge >= 0.3 is 0 Å². The Morgan fingerprint density at radius 2 is 1.78 bits per heavy atom. The van der Waals surface area contributed by atoms with Gasteiger partial charge in [-0.05, 0) is 5.92 Å². The van der Waals surface area contributed by atoms with E-state index < -0.39 is 0 Å². The third-order valence-electron chi connectivity index (χ3n) is 1.53. The lowest BCUT2D eigenvalue weighted by atomic mass is 10.1. The van der Waals surface area contributed by atoms with Crippen LogP contribution < -0.4 is 0 Å². The van der Waals surface area contributed by atoms with Gasteiger partial charge in [0, 0.05) is 0 Å². The lowest BCUT2D eigenvalue weighted by molar-refractivity contribution is 0.528. The molecule has 0 nitrogen and oxygen atoms in total. The second-order valence-corrected chi connectivity index (χ2v) is 3.10. The molecule has 0 aromatic carbocycles. The summed E-state index contributed by atoms with van der Waals surface area (Å²) in [5, 5.41) is 0. The molecule has 0 heterocycles. The van der Waals surface area contributed by atoms with E-state index in [1.165, 1.54) is 25.7 Å². The largest absolute Gasteiger partial charge is 0.0628 e. The third-order valence-corrected chi connectivity index (χ3v) is 1.53. The number of rotatable bonds is 5. The van der Waals surface area contributed by atoms with E-state index >= 15 is 0 Å². The summed E-state index contributed by atoms with van der Waals surface area (Å²) in [4.78, 5) is 0. The van der Waals surface area contributed by atoms with E-state index in [-0.39, 0.29) is 0 Å². The zero-order chi connectivity index (χ0) is 7.11. The summed E-state index contributed by atoms with van der Waals surface area (Å²) in [6, 6.07) is 0. The van der Waals surface area contributed by atoms with Gasteiger partial charge in [-0.25, -0.2) is 0 Å². The lowest BCUT2D eigenvalue weighted by Gasteiger charge is -2.01. The average molecular weight is 127 g/mol.